The molecule has 17 heavy (non-hydrogen) atoms. The van der Waals surface area contributed by atoms with E-state index in [0.717, 1.165) is 15.0 Å². The van der Waals surface area contributed by atoms with Gasteiger partial charge in [0.1, 0.15) is 4.21 Å². The summed E-state index contributed by atoms with van der Waals surface area (Å²) >= 11 is 4.48. The number of rotatable bonds is 3. The zero-order valence-electron chi connectivity index (χ0n) is 9.11. The van der Waals surface area contributed by atoms with Crippen molar-refractivity contribution >= 4 is 43.1 Å². The van der Waals surface area contributed by atoms with Crippen LogP contribution in [0.5, 0.6) is 0 Å². The van der Waals surface area contributed by atoms with Crippen LogP contribution >= 0.6 is 27.3 Å². The summed E-state index contributed by atoms with van der Waals surface area (Å²) < 4.78 is 27.5. The second kappa shape index (κ2) is 4.43. The molecule has 0 spiro atoms. The Hall–Kier alpha value is -0.860. The first kappa shape index (κ1) is 12.6. The Morgan fingerprint density at radius 2 is 2.12 bits per heavy atom. The maximum atomic E-state index is 12.0. The quantitative estimate of drug-likeness (QED) is 0.905. The predicted octanol–water partition coefficient (Wildman–Crippen LogP) is 2.65. The topological polar surface area (TPSA) is 74.8 Å². The molecule has 0 saturated heterocycles. The third kappa shape index (κ3) is 2.70. The first-order valence-corrected chi connectivity index (χ1v) is 7.78. The van der Waals surface area contributed by atoms with Crippen molar-refractivity contribution in [2.24, 2.45) is 0 Å². The van der Waals surface area contributed by atoms with Crippen LogP contribution in [-0.2, 0) is 10.0 Å². The summed E-state index contributed by atoms with van der Waals surface area (Å²) in [4.78, 5) is 0. The van der Waals surface area contributed by atoms with Crippen molar-refractivity contribution in [3.05, 3.63) is 27.2 Å². The fourth-order valence-corrected chi connectivity index (χ4v) is 4.44. The van der Waals surface area contributed by atoms with Crippen LogP contribution in [0.3, 0.4) is 0 Å². The third-order valence-corrected chi connectivity index (χ3v) is 6.01. The Bertz CT molecular complexity index is 626. The van der Waals surface area contributed by atoms with Crippen LogP contribution in [0.1, 0.15) is 11.3 Å². The van der Waals surface area contributed by atoms with E-state index in [1.165, 1.54) is 11.3 Å². The van der Waals surface area contributed by atoms with Crippen molar-refractivity contribution in [1.29, 1.82) is 0 Å². The number of anilines is 1. The van der Waals surface area contributed by atoms with Crippen molar-refractivity contribution in [1.82, 2.24) is 10.2 Å². The van der Waals surface area contributed by atoms with E-state index < -0.39 is 10.0 Å². The van der Waals surface area contributed by atoms with Gasteiger partial charge in [-0.3, -0.25) is 9.82 Å². The van der Waals surface area contributed by atoms with E-state index in [-0.39, 0.29) is 4.21 Å². The molecule has 0 bridgehead atoms. The van der Waals surface area contributed by atoms with Crippen LogP contribution in [0.25, 0.3) is 0 Å². The molecule has 0 fully saturated rings. The Balaban J connectivity index is 2.31. The van der Waals surface area contributed by atoms with Crippen molar-refractivity contribution in [3.8, 4) is 0 Å². The van der Waals surface area contributed by atoms with Crippen molar-refractivity contribution in [3.63, 3.8) is 0 Å². The summed E-state index contributed by atoms with van der Waals surface area (Å²) in [5, 5.41) is 6.51. The van der Waals surface area contributed by atoms with E-state index in [0.29, 0.717) is 5.82 Å². The highest BCUT2D eigenvalue weighted by atomic mass is 79.9. The molecular weight excluding hydrogens is 326 g/mol. The normalized spacial score (nSPS) is 11.7. The highest BCUT2D eigenvalue weighted by Gasteiger charge is 2.19. The first-order chi connectivity index (χ1) is 7.88. The molecule has 5 nitrogen and oxygen atoms in total. The number of nitrogens with one attached hydrogen (secondary N) is 2. The van der Waals surface area contributed by atoms with Crippen LogP contribution in [0.15, 0.2) is 20.1 Å². The van der Waals surface area contributed by atoms with Gasteiger partial charge in [-0.1, -0.05) is 0 Å². The summed E-state index contributed by atoms with van der Waals surface area (Å²) in [5.41, 5.74) is 1.69. The molecule has 2 N–H and O–H groups in total. The molecule has 0 amide bonds. The van der Waals surface area contributed by atoms with E-state index in [9.17, 15) is 8.42 Å². The van der Waals surface area contributed by atoms with Gasteiger partial charge in [-0.05, 0) is 41.4 Å². The van der Waals surface area contributed by atoms with Gasteiger partial charge in [-0.25, -0.2) is 8.42 Å². The van der Waals surface area contributed by atoms with Gasteiger partial charge >= 0.3 is 0 Å². The number of aromatic amines is 1. The Morgan fingerprint density at radius 3 is 2.59 bits per heavy atom. The Morgan fingerprint density at radius 1 is 1.41 bits per heavy atom. The highest BCUT2D eigenvalue weighted by molar-refractivity contribution is 9.11. The number of sulfonamides is 1. The number of aromatic nitrogens is 2. The summed E-state index contributed by atoms with van der Waals surface area (Å²) in [6.45, 7) is 3.65. The fraction of sp³-hybridized carbons (Fsp3) is 0.222. The molecule has 2 heterocycles. The van der Waals surface area contributed by atoms with Crippen LogP contribution in [0, 0.1) is 13.8 Å². The number of halogens is 1. The summed E-state index contributed by atoms with van der Waals surface area (Å²) in [6, 6.07) is 3.25. The van der Waals surface area contributed by atoms with Crippen LogP contribution in [0.2, 0.25) is 0 Å². The van der Waals surface area contributed by atoms with Crippen molar-refractivity contribution in [2.45, 2.75) is 18.1 Å². The fourth-order valence-electron chi connectivity index (χ4n) is 1.22. The maximum absolute atomic E-state index is 12.0. The van der Waals surface area contributed by atoms with Gasteiger partial charge in [-0.2, -0.15) is 5.10 Å². The minimum atomic E-state index is -3.55. The van der Waals surface area contributed by atoms with Gasteiger partial charge in [0.2, 0.25) is 0 Å². The lowest BCUT2D eigenvalue weighted by atomic mass is 10.4. The standard InChI is InChI=1S/C9H10BrN3O2S2/c1-5-3-8(16-9(5)10)17(14,15)13-7-4-6(2)11-12-7/h3-4H,1-2H3,(H2,11,12,13). The molecule has 8 heteroatoms. The molecule has 2 aromatic heterocycles. The minimum absolute atomic E-state index is 0.266. The summed E-state index contributed by atoms with van der Waals surface area (Å²) in [7, 11) is -3.55. The predicted molar refractivity (Wildman–Crippen MR) is 70.9 cm³/mol. The second-order valence-electron chi connectivity index (χ2n) is 3.56. The van der Waals surface area contributed by atoms with Gasteiger partial charge in [0.05, 0.1) is 3.79 Å². The molecule has 2 rings (SSSR count). The van der Waals surface area contributed by atoms with Crippen LogP contribution in [-0.4, -0.2) is 18.6 Å². The summed E-state index contributed by atoms with van der Waals surface area (Å²) in [5.74, 6) is 0.296. The van der Waals surface area contributed by atoms with Gasteiger partial charge in [0, 0.05) is 11.8 Å². The molecule has 0 aliphatic heterocycles. The Labute approximate surface area is 111 Å². The second-order valence-corrected chi connectivity index (χ2v) is 7.84. The molecule has 0 aliphatic carbocycles. The average molecular weight is 336 g/mol. The highest BCUT2D eigenvalue weighted by Crippen LogP contribution is 2.31. The van der Waals surface area contributed by atoms with E-state index in [1.807, 2.05) is 6.92 Å². The lowest BCUT2D eigenvalue weighted by Gasteiger charge is -2.01. The van der Waals surface area contributed by atoms with E-state index >= 15 is 0 Å². The molecule has 0 saturated carbocycles. The SMILES string of the molecule is Cc1cc(NS(=O)(=O)c2cc(C)c(Br)s2)n[nH]1. The number of hydrogen-bond acceptors (Lipinski definition) is 4. The molecule has 0 atom stereocenters. The lowest BCUT2D eigenvalue weighted by molar-refractivity contribution is 0.603. The molecule has 2 aromatic rings. The van der Waals surface area contributed by atoms with Crippen LogP contribution in [0.4, 0.5) is 5.82 Å². The maximum Gasteiger partial charge on any atom is 0.272 e. The molecule has 0 aliphatic rings. The summed E-state index contributed by atoms with van der Waals surface area (Å²) in [6.07, 6.45) is 0. The third-order valence-electron chi connectivity index (χ3n) is 2.04. The number of hydrogen-bond donors (Lipinski definition) is 2. The number of aryl methyl sites for hydroxylation is 2. The monoisotopic (exact) mass is 335 g/mol. The lowest BCUT2D eigenvalue weighted by Crippen LogP contribution is -2.11. The van der Waals surface area contributed by atoms with Crippen molar-refractivity contribution < 1.29 is 8.42 Å². The molecule has 0 unspecified atom stereocenters. The molecule has 0 radical (unpaired) electrons. The van der Waals surface area contributed by atoms with Gasteiger partial charge in [0.15, 0.2) is 5.82 Å². The van der Waals surface area contributed by atoms with E-state index in [2.05, 4.69) is 30.8 Å². The first-order valence-electron chi connectivity index (χ1n) is 4.69. The van der Waals surface area contributed by atoms with Crippen molar-refractivity contribution in [2.75, 3.05) is 4.72 Å². The largest absolute Gasteiger partial charge is 0.281 e. The average Bonchev–Trinajstić information content (AvgIpc) is 2.75. The molecule has 92 valence electrons. The molecule has 0 aromatic carbocycles. The minimum Gasteiger partial charge on any atom is -0.281 e. The van der Waals surface area contributed by atoms with E-state index in [1.54, 1.807) is 19.1 Å². The molecular formula is C9H10BrN3O2S2. The van der Waals surface area contributed by atoms with E-state index in [4.69, 9.17) is 0 Å². The smallest absolute Gasteiger partial charge is 0.272 e. The zero-order valence-corrected chi connectivity index (χ0v) is 12.3. The number of H-pyrrole nitrogens is 1. The Kier molecular flexibility index (Phi) is 3.28. The van der Waals surface area contributed by atoms with Gasteiger partial charge in [0.25, 0.3) is 10.0 Å². The zero-order chi connectivity index (χ0) is 12.6. The van der Waals surface area contributed by atoms with Gasteiger partial charge < -0.3 is 0 Å². The van der Waals surface area contributed by atoms with Crippen LogP contribution < -0.4 is 4.72 Å². The number of thiophene rings is 1. The van der Waals surface area contributed by atoms with Gasteiger partial charge in [-0.15, -0.1) is 11.3 Å². The number of nitrogens with zero attached hydrogens (tertiary/aromatic N) is 1.